The van der Waals surface area contributed by atoms with Gasteiger partial charge in [-0.3, -0.25) is 4.79 Å². The van der Waals surface area contributed by atoms with Crippen molar-refractivity contribution in [2.45, 2.75) is 50.2 Å². The van der Waals surface area contributed by atoms with Crippen molar-refractivity contribution in [3.8, 4) is 0 Å². The second-order valence-electron chi connectivity index (χ2n) is 6.44. The van der Waals surface area contributed by atoms with E-state index in [4.69, 9.17) is 11.5 Å². The molecule has 1 aliphatic carbocycles. The molecular formula is C14H24F3N3O. The van der Waals surface area contributed by atoms with Crippen molar-refractivity contribution in [2.75, 3.05) is 19.6 Å². The molecule has 21 heavy (non-hydrogen) atoms. The number of piperidine rings is 1. The molecule has 2 unspecified atom stereocenters. The first-order valence-electron chi connectivity index (χ1n) is 7.61. The van der Waals surface area contributed by atoms with E-state index >= 15 is 0 Å². The van der Waals surface area contributed by atoms with Crippen LogP contribution in [-0.4, -0.2) is 42.2 Å². The van der Waals surface area contributed by atoms with Gasteiger partial charge in [-0.15, -0.1) is 0 Å². The molecule has 2 fully saturated rings. The number of hydrogen-bond donors (Lipinski definition) is 2. The summed E-state index contributed by atoms with van der Waals surface area (Å²) in [6.07, 6.45) is -0.636. The molecule has 0 aromatic heterocycles. The fourth-order valence-electron chi connectivity index (χ4n) is 3.65. The first-order valence-corrected chi connectivity index (χ1v) is 7.61. The van der Waals surface area contributed by atoms with Crippen LogP contribution in [0.15, 0.2) is 0 Å². The molecule has 122 valence electrons. The summed E-state index contributed by atoms with van der Waals surface area (Å²) in [5.74, 6) is -1.57. The van der Waals surface area contributed by atoms with Crippen LogP contribution in [0, 0.1) is 11.8 Å². The number of rotatable bonds is 4. The highest BCUT2D eigenvalue weighted by Crippen LogP contribution is 2.37. The molecule has 1 aliphatic heterocycles. The van der Waals surface area contributed by atoms with Gasteiger partial charge in [0.25, 0.3) is 0 Å². The predicted octanol–water partition coefficient (Wildman–Crippen LogP) is 1.63. The van der Waals surface area contributed by atoms with Gasteiger partial charge in [-0.2, -0.15) is 13.2 Å². The van der Waals surface area contributed by atoms with Crippen LogP contribution < -0.4 is 11.5 Å². The summed E-state index contributed by atoms with van der Waals surface area (Å²) in [4.78, 5) is 13.5. The average molecular weight is 307 g/mol. The van der Waals surface area contributed by atoms with Crippen LogP contribution in [0.2, 0.25) is 0 Å². The number of hydrogen-bond acceptors (Lipinski definition) is 3. The third-order valence-corrected chi connectivity index (χ3v) is 5.17. The van der Waals surface area contributed by atoms with E-state index in [0.29, 0.717) is 26.1 Å². The standard InChI is InChI=1S/C14H24F3N3O/c15-14(16,17)11-4-8-20(9-5-11)7-3-10-2-1-6-13(10,19)12(18)21/h10-11H,1-9,19H2,(H2,18,21). The topological polar surface area (TPSA) is 72.3 Å². The predicted molar refractivity (Wildman–Crippen MR) is 73.3 cm³/mol. The zero-order valence-electron chi connectivity index (χ0n) is 12.2. The van der Waals surface area contributed by atoms with Gasteiger partial charge in [0.2, 0.25) is 5.91 Å². The Morgan fingerprint density at radius 1 is 1.24 bits per heavy atom. The highest BCUT2D eigenvalue weighted by Gasteiger charge is 2.45. The molecule has 2 aliphatic rings. The monoisotopic (exact) mass is 307 g/mol. The number of alkyl halides is 3. The van der Waals surface area contributed by atoms with Crippen LogP contribution in [-0.2, 0) is 4.79 Å². The maximum absolute atomic E-state index is 12.6. The Labute approximate surface area is 123 Å². The number of nitrogens with two attached hydrogens (primary N) is 2. The zero-order chi connectivity index (χ0) is 15.7. The Hall–Kier alpha value is -0.820. The van der Waals surface area contributed by atoms with Gasteiger partial charge in [0.15, 0.2) is 0 Å². The Bertz CT molecular complexity index is 380. The zero-order valence-corrected chi connectivity index (χ0v) is 12.2. The highest BCUT2D eigenvalue weighted by molar-refractivity contribution is 5.85. The summed E-state index contributed by atoms with van der Waals surface area (Å²) in [7, 11) is 0. The van der Waals surface area contributed by atoms with Crippen molar-refractivity contribution in [3.05, 3.63) is 0 Å². The summed E-state index contributed by atoms with van der Waals surface area (Å²) in [6.45, 7) is 1.62. The number of primary amides is 1. The van der Waals surface area contributed by atoms with E-state index in [1.807, 2.05) is 4.90 Å². The summed E-state index contributed by atoms with van der Waals surface area (Å²) in [5.41, 5.74) is 10.6. The quantitative estimate of drug-likeness (QED) is 0.829. The van der Waals surface area contributed by atoms with Gasteiger partial charge in [-0.25, -0.2) is 0 Å². The number of halogens is 3. The van der Waals surface area contributed by atoms with Crippen LogP contribution in [0.4, 0.5) is 13.2 Å². The number of carbonyl (C=O) groups excluding carboxylic acids is 1. The third-order valence-electron chi connectivity index (χ3n) is 5.17. The number of carbonyl (C=O) groups is 1. The van der Waals surface area contributed by atoms with Gasteiger partial charge in [-0.1, -0.05) is 6.42 Å². The van der Waals surface area contributed by atoms with Crippen molar-refractivity contribution in [1.82, 2.24) is 4.90 Å². The molecule has 1 saturated carbocycles. The van der Waals surface area contributed by atoms with Crippen LogP contribution in [0.5, 0.6) is 0 Å². The largest absolute Gasteiger partial charge is 0.391 e. The minimum absolute atomic E-state index is 0.0512. The fraction of sp³-hybridized carbons (Fsp3) is 0.929. The first-order chi connectivity index (χ1) is 9.73. The van der Waals surface area contributed by atoms with Crippen molar-refractivity contribution in [2.24, 2.45) is 23.3 Å². The van der Waals surface area contributed by atoms with Gasteiger partial charge < -0.3 is 16.4 Å². The lowest BCUT2D eigenvalue weighted by Gasteiger charge is -2.35. The lowest BCUT2D eigenvalue weighted by atomic mass is 9.84. The molecule has 4 nitrogen and oxygen atoms in total. The SMILES string of the molecule is NC(=O)C1(N)CCCC1CCN1CCC(C(F)(F)F)CC1. The molecule has 0 aromatic rings. The van der Waals surface area contributed by atoms with Gasteiger partial charge in [0.1, 0.15) is 0 Å². The van der Waals surface area contributed by atoms with E-state index in [-0.39, 0.29) is 18.8 Å². The summed E-state index contributed by atoms with van der Waals surface area (Å²) in [6, 6.07) is 0. The lowest BCUT2D eigenvalue weighted by Crippen LogP contribution is -2.55. The van der Waals surface area contributed by atoms with Gasteiger partial charge in [0, 0.05) is 0 Å². The Morgan fingerprint density at radius 3 is 2.38 bits per heavy atom. The van der Waals surface area contributed by atoms with Crippen LogP contribution in [0.1, 0.15) is 38.5 Å². The van der Waals surface area contributed by atoms with Gasteiger partial charge in [-0.05, 0) is 57.7 Å². The lowest BCUT2D eigenvalue weighted by molar-refractivity contribution is -0.185. The van der Waals surface area contributed by atoms with Crippen molar-refractivity contribution >= 4 is 5.91 Å². The van der Waals surface area contributed by atoms with E-state index in [9.17, 15) is 18.0 Å². The smallest absolute Gasteiger partial charge is 0.368 e. The number of likely N-dealkylation sites (tertiary alicyclic amines) is 1. The Kier molecular flexibility index (Phi) is 4.82. The summed E-state index contributed by atoms with van der Waals surface area (Å²) >= 11 is 0. The number of amides is 1. The van der Waals surface area contributed by atoms with Crippen LogP contribution in [0.25, 0.3) is 0 Å². The molecule has 1 amide bonds. The average Bonchev–Trinajstić information content (AvgIpc) is 2.79. The molecule has 0 bridgehead atoms. The molecule has 0 aromatic carbocycles. The maximum Gasteiger partial charge on any atom is 0.391 e. The molecule has 1 heterocycles. The highest BCUT2D eigenvalue weighted by atomic mass is 19.4. The molecule has 0 radical (unpaired) electrons. The molecule has 2 atom stereocenters. The molecule has 1 saturated heterocycles. The Morgan fingerprint density at radius 2 is 1.86 bits per heavy atom. The summed E-state index contributed by atoms with van der Waals surface area (Å²) in [5, 5.41) is 0. The Balaban J connectivity index is 1.79. The minimum atomic E-state index is -4.07. The third kappa shape index (κ3) is 3.69. The normalized spacial score (nSPS) is 32.5. The molecule has 0 spiro atoms. The van der Waals surface area contributed by atoms with E-state index in [1.165, 1.54) is 0 Å². The van der Waals surface area contributed by atoms with Crippen molar-refractivity contribution in [3.63, 3.8) is 0 Å². The van der Waals surface area contributed by atoms with Crippen molar-refractivity contribution < 1.29 is 18.0 Å². The van der Waals surface area contributed by atoms with E-state index in [1.54, 1.807) is 0 Å². The molecule has 7 heteroatoms. The second kappa shape index (κ2) is 6.12. The van der Waals surface area contributed by atoms with E-state index in [0.717, 1.165) is 19.3 Å². The van der Waals surface area contributed by atoms with Gasteiger partial charge in [0.05, 0.1) is 11.5 Å². The van der Waals surface area contributed by atoms with E-state index < -0.39 is 23.5 Å². The van der Waals surface area contributed by atoms with Crippen molar-refractivity contribution in [1.29, 1.82) is 0 Å². The maximum atomic E-state index is 12.6. The molecular weight excluding hydrogens is 283 g/mol. The van der Waals surface area contributed by atoms with E-state index in [2.05, 4.69) is 0 Å². The second-order valence-corrected chi connectivity index (χ2v) is 6.44. The van der Waals surface area contributed by atoms with Gasteiger partial charge >= 0.3 is 6.18 Å². The van der Waals surface area contributed by atoms with Crippen LogP contribution >= 0.6 is 0 Å². The van der Waals surface area contributed by atoms with Crippen LogP contribution in [0.3, 0.4) is 0 Å². The molecule has 2 rings (SSSR count). The minimum Gasteiger partial charge on any atom is -0.368 e. The first kappa shape index (κ1) is 16.5. The fourth-order valence-corrected chi connectivity index (χ4v) is 3.65. The summed E-state index contributed by atoms with van der Waals surface area (Å²) < 4.78 is 37.8. The molecule has 4 N–H and O–H groups in total. The number of nitrogens with zero attached hydrogens (tertiary/aromatic N) is 1.